The van der Waals surface area contributed by atoms with E-state index in [2.05, 4.69) is 15.8 Å². The molecule has 0 atom stereocenters. The summed E-state index contributed by atoms with van der Waals surface area (Å²) in [6.07, 6.45) is 0. The molecule has 5 nitrogen and oxygen atoms in total. The molecule has 0 aliphatic carbocycles. The van der Waals surface area contributed by atoms with E-state index < -0.39 is 0 Å². The number of amides is 2. The van der Waals surface area contributed by atoms with Crippen LogP contribution < -0.4 is 10.7 Å². The van der Waals surface area contributed by atoms with Crippen molar-refractivity contribution in [1.29, 1.82) is 0 Å². The molecule has 26 heavy (non-hydrogen) atoms. The van der Waals surface area contributed by atoms with Gasteiger partial charge in [0.15, 0.2) is 0 Å². The van der Waals surface area contributed by atoms with E-state index in [1.54, 1.807) is 12.1 Å². The zero-order valence-corrected chi connectivity index (χ0v) is 16.2. The highest BCUT2D eigenvalue weighted by Gasteiger charge is 2.04. The molecule has 136 valence electrons. The van der Waals surface area contributed by atoms with Crippen molar-refractivity contribution in [3.63, 3.8) is 0 Å². The van der Waals surface area contributed by atoms with Gasteiger partial charge >= 0.3 is 0 Å². The van der Waals surface area contributed by atoms with Crippen molar-refractivity contribution in [3.8, 4) is 0 Å². The Labute approximate surface area is 162 Å². The van der Waals surface area contributed by atoms with Gasteiger partial charge in [0.05, 0.1) is 11.5 Å². The van der Waals surface area contributed by atoms with Gasteiger partial charge in [0.2, 0.25) is 11.8 Å². The molecular formula is C19H20ClN3O2S. The Morgan fingerprint density at radius 3 is 2.42 bits per heavy atom. The second kappa shape index (κ2) is 9.99. The van der Waals surface area contributed by atoms with Gasteiger partial charge in [-0.3, -0.25) is 9.59 Å². The highest BCUT2D eigenvalue weighted by Crippen LogP contribution is 2.20. The largest absolute Gasteiger partial charge is 0.326 e. The van der Waals surface area contributed by atoms with Crippen molar-refractivity contribution in [2.24, 2.45) is 5.10 Å². The Kier molecular flexibility index (Phi) is 7.69. The quantitative estimate of drug-likeness (QED) is 0.553. The molecule has 2 amide bonds. The van der Waals surface area contributed by atoms with Crippen LogP contribution >= 0.6 is 23.4 Å². The summed E-state index contributed by atoms with van der Waals surface area (Å²) < 4.78 is 0. The number of carbonyl (C=O) groups is 2. The van der Waals surface area contributed by atoms with Crippen molar-refractivity contribution >= 4 is 46.6 Å². The summed E-state index contributed by atoms with van der Waals surface area (Å²) in [4.78, 5) is 22.9. The SMILES string of the molecule is CC(=O)Nc1ccc(C(C)=NNC(=O)CSCc2ccccc2Cl)cc1. The van der Waals surface area contributed by atoms with E-state index >= 15 is 0 Å². The van der Waals surface area contributed by atoms with Crippen LogP contribution in [-0.4, -0.2) is 23.3 Å². The van der Waals surface area contributed by atoms with Crippen LogP contribution in [0.3, 0.4) is 0 Å². The second-order valence-corrected chi connectivity index (χ2v) is 6.97. The zero-order valence-electron chi connectivity index (χ0n) is 14.6. The predicted octanol–water partition coefficient (Wildman–Crippen LogP) is 4.07. The first-order valence-corrected chi connectivity index (χ1v) is 9.51. The lowest BCUT2D eigenvalue weighted by molar-refractivity contribution is -0.118. The molecule has 2 N–H and O–H groups in total. The first-order chi connectivity index (χ1) is 12.5. The molecule has 0 fully saturated rings. The predicted molar refractivity (Wildman–Crippen MR) is 109 cm³/mol. The molecule has 0 bridgehead atoms. The van der Waals surface area contributed by atoms with Gasteiger partial charge < -0.3 is 5.32 Å². The van der Waals surface area contributed by atoms with E-state index in [0.717, 1.165) is 11.1 Å². The normalized spacial score (nSPS) is 11.1. The lowest BCUT2D eigenvalue weighted by atomic mass is 10.1. The van der Waals surface area contributed by atoms with E-state index in [9.17, 15) is 9.59 Å². The number of hydrazone groups is 1. The first-order valence-electron chi connectivity index (χ1n) is 7.98. The van der Waals surface area contributed by atoms with Gasteiger partial charge in [-0.25, -0.2) is 5.43 Å². The molecule has 0 saturated carbocycles. The highest BCUT2D eigenvalue weighted by molar-refractivity contribution is 7.99. The summed E-state index contributed by atoms with van der Waals surface area (Å²) in [5.74, 6) is 0.671. The fourth-order valence-corrected chi connectivity index (χ4v) is 3.22. The fourth-order valence-electron chi connectivity index (χ4n) is 2.11. The van der Waals surface area contributed by atoms with Crippen LogP contribution in [0, 0.1) is 0 Å². The van der Waals surface area contributed by atoms with Crippen LogP contribution in [0.15, 0.2) is 53.6 Å². The van der Waals surface area contributed by atoms with E-state index in [1.807, 2.05) is 43.3 Å². The van der Waals surface area contributed by atoms with Gasteiger partial charge in [-0.2, -0.15) is 5.10 Å². The number of benzene rings is 2. The van der Waals surface area contributed by atoms with Crippen LogP contribution in [0.2, 0.25) is 5.02 Å². The maximum atomic E-state index is 11.9. The van der Waals surface area contributed by atoms with Gasteiger partial charge in [-0.15, -0.1) is 11.8 Å². The minimum absolute atomic E-state index is 0.121. The number of anilines is 1. The molecule has 2 aromatic rings. The van der Waals surface area contributed by atoms with Gasteiger partial charge in [0, 0.05) is 23.4 Å². The molecule has 0 unspecified atom stereocenters. The van der Waals surface area contributed by atoms with Crippen molar-refractivity contribution < 1.29 is 9.59 Å². The molecular weight excluding hydrogens is 370 g/mol. The Morgan fingerprint density at radius 1 is 1.08 bits per heavy atom. The van der Waals surface area contributed by atoms with Crippen LogP contribution in [0.4, 0.5) is 5.69 Å². The summed E-state index contributed by atoms with van der Waals surface area (Å²) in [6, 6.07) is 14.8. The molecule has 2 aromatic carbocycles. The second-order valence-electron chi connectivity index (χ2n) is 5.57. The molecule has 0 aliphatic rings. The van der Waals surface area contributed by atoms with Crippen LogP contribution in [-0.2, 0) is 15.3 Å². The first kappa shape index (κ1) is 20.0. The molecule has 0 heterocycles. The third-order valence-electron chi connectivity index (χ3n) is 3.42. The third kappa shape index (κ3) is 6.54. The monoisotopic (exact) mass is 389 g/mol. The molecule has 0 spiro atoms. The molecule has 0 aliphatic heterocycles. The molecule has 7 heteroatoms. The fraction of sp³-hybridized carbons (Fsp3) is 0.211. The number of carbonyl (C=O) groups excluding carboxylic acids is 2. The highest BCUT2D eigenvalue weighted by atomic mass is 35.5. The lowest BCUT2D eigenvalue weighted by Gasteiger charge is -2.06. The molecule has 0 saturated heterocycles. The van der Waals surface area contributed by atoms with E-state index in [-0.39, 0.29) is 11.8 Å². The Hall–Kier alpha value is -2.31. The average molecular weight is 390 g/mol. The third-order valence-corrected chi connectivity index (χ3v) is 4.77. The van der Waals surface area contributed by atoms with Crippen LogP contribution in [0.5, 0.6) is 0 Å². The molecule has 0 aromatic heterocycles. The maximum Gasteiger partial charge on any atom is 0.250 e. The van der Waals surface area contributed by atoms with E-state index in [0.29, 0.717) is 27.9 Å². The summed E-state index contributed by atoms with van der Waals surface area (Å²) >= 11 is 7.57. The lowest BCUT2D eigenvalue weighted by Crippen LogP contribution is -2.21. The van der Waals surface area contributed by atoms with Gasteiger partial charge in [-0.1, -0.05) is 41.9 Å². The Balaban J connectivity index is 1.81. The van der Waals surface area contributed by atoms with Gasteiger partial charge in [0.1, 0.15) is 0 Å². The zero-order chi connectivity index (χ0) is 18.9. The number of hydrogen-bond donors (Lipinski definition) is 2. The standard InChI is InChI=1S/C19H20ClN3O2S/c1-13(15-7-9-17(10-8-15)21-14(2)24)22-23-19(25)12-26-11-16-5-3-4-6-18(16)20/h3-10H,11-12H2,1-2H3,(H,21,24)(H,23,25). The molecule has 2 rings (SSSR count). The topological polar surface area (TPSA) is 70.6 Å². The van der Waals surface area contributed by atoms with Crippen molar-refractivity contribution in [2.75, 3.05) is 11.1 Å². The van der Waals surface area contributed by atoms with Crippen molar-refractivity contribution in [3.05, 3.63) is 64.7 Å². The van der Waals surface area contributed by atoms with Crippen LogP contribution in [0.25, 0.3) is 0 Å². The van der Waals surface area contributed by atoms with Crippen LogP contribution in [0.1, 0.15) is 25.0 Å². The minimum Gasteiger partial charge on any atom is -0.326 e. The number of halogens is 1. The summed E-state index contributed by atoms with van der Waals surface area (Å²) in [6.45, 7) is 3.27. The molecule has 0 radical (unpaired) electrons. The van der Waals surface area contributed by atoms with Gasteiger partial charge in [0.25, 0.3) is 0 Å². The number of rotatable bonds is 7. The summed E-state index contributed by atoms with van der Waals surface area (Å²) in [5.41, 5.74) is 5.82. The smallest absolute Gasteiger partial charge is 0.250 e. The maximum absolute atomic E-state index is 11.9. The number of nitrogens with one attached hydrogen (secondary N) is 2. The average Bonchev–Trinajstić information content (AvgIpc) is 2.61. The van der Waals surface area contributed by atoms with E-state index in [4.69, 9.17) is 11.6 Å². The number of nitrogens with zero attached hydrogens (tertiary/aromatic N) is 1. The Bertz CT molecular complexity index is 807. The number of thioether (sulfide) groups is 1. The summed E-state index contributed by atoms with van der Waals surface area (Å²) in [5, 5.41) is 7.53. The minimum atomic E-state index is -0.170. The summed E-state index contributed by atoms with van der Waals surface area (Å²) in [7, 11) is 0. The van der Waals surface area contributed by atoms with Crippen molar-refractivity contribution in [1.82, 2.24) is 5.43 Å². The Morgan fingerprint density at radius 2 is 1.77 bits per heavy atom. The number of hydrogen-bond acceptors (Lipinski definition) is 4. The van der Waals surface area contributed by atoms with Crippen molar-refractivity contribution in [2.45, 2.75) is 19.6 Å². The van der Waals surface area contributed by atoms with Gasteiger partial charge in [-0.05, 0) is 36.2 Å². The van der Waals surface area contributed by atoms with E-state index in [1.165, 1.54) is 18.7 Å².